The molecule has 0 aliphatic carbocycles. The average Bonchev–Trinajstić information content (AvgIpc) is 3.02. The van der Waals surface area contributed by atoms with Crippen LogP contribution < -0.4 is 10.6 Å². The summed E-state index contributed by atoms with van der Waals surface area (Å²) in [6, 6.07) is 4.19. The molecule has 1 aromatic rings. The van der Waals surface area contributed by atoms with Crippen molar-refractivity contribution in [1.29, 1.82) is 0 Å². The Morgan fingerprint density at radius 1 is 1.18 bits per heavy atom. The Hall–Kier alpha value is -0.530. The van der Waals surface area contributed by atoms with E-state index >= 15 is 0 Å². The molecule has 126 valence electrons. The topological polar surface area (TPSA) is 58.8 Å². The predicted molar refractivity (Wildman–Crippen MR) is 94.6 cm³/mol. The van der Waals surface area contributed by atoms with Crippen LogP contribution in [0.15, 0.2) is 17.5 Å². The third-order valence-electron chi connectivity index (χ3n) is 4.20. The van der Waals surface area contributed by atoms with Gasteiger partial charge in [-0.15, -0.1) is 36.2 Å². The maximum Gasteiger partial charge on any atom is 0.242 e. The van der Waals surface area contributed by atoms with Crippen LogP contribution >= 0.6 is 36.2 Å². The molecule has 1 aromatic heterocycles. The highest BCUT2D eigenvalue weighted by molar-refractivity contribution is 7.14. The lowest BCUT2D eigenvalue weighted by Crippen LogP contribution is -2.61. The van der Waals surface area contributed by atoms with Gasteiger partial charge in [-0.05, 0) is 30.4 Å². The van der Waals surface area contributed by atoms with E-state index in [9.17, 15) is 4.79 Å². The number of halogens is 2. The minimum absolute atomic E-state index is 0. The summed E-state index contributed by atoms with van der Waals surface area (Å²) in [7, 11) is 0. The molecule has 22 heavy (non-hydrogen) atoms. The number of carbonyl (C=O) groups excluding carboxylic acids is 1. The molecule has 0 spiro atoms. The van der Waals surface area contributed by atoms with Crippen molar-refractivity contribution in [3.63, 3.8) is 0 Å². The molecule has 5 nitrogen and oxygen atoms in total. The van der Waals surface area contributed by atoms with Crippen molar-refractivity contribution in [3.8, 4) is 0 Å². The van der Waals surface area contributed by atoms with Crippen LogP contribution in [-0.2, 0) is 9.53 Å². The lowest BCUT2D eigenvalue weighted by molar-refractivity contribution is -0.140. The van der Waals surface area contributed by atoms with Crippen molar-refractivity contribution in [1.82, 2.24) is 4.90 Å². The zero-order valence-corrected chi connectivity index (χ0v) is 14.9. The van der Waals surface area contributed by atoms with Gasteiger partial charge in [0, 0.05) is 39.4 Å². The van der Waals surface area contributed by atoms with Crippen molar-refractivity contribution >= 4 is 47.1 Å². The molecule has 0 aromatic carbocycles. The number of nitrogens with two attached hydrogens (primary N) is 1. The van der Waals surface area contributed by atoms with Crippen LogP contribution in [0.25, 0.3) is 0 Å². The van der Waals surface area contributed by atoms with Gasteiger partial charge in [0.25, 0.3) is 0 Å². The number of piperazine rings is 1. The van der Waals surface area contributed by atoms with Gasteiger partial charge in [0.1, 0.15) is 0 Å². The molecule has 2 N–H and O–H groups in total. The Morgan fingerprint density at radius 2 is 1.82 bits per heavy atom. The van der Waals surface area contributed by atoms with Crippen molar-refractivity contribution in [2.45, 2.75) is 18.4 Å². The molecule has 2 fully saturated rings. The first-order chi connectivity index (χ1) is 9.69. The number of nitrogens with zero attached hydrogens (tertiary/aromatic N) is 2. The Bertz CT molecular complexity index is 459. The second-order valence-electron chi connectivity index (χ2n) is 5.50. The van der Waals surface area contributed by atoms with Crippen molar-refractivity contribution < 1.29 is 9.53 Å². The molecule has 2 aliphatic rings. The third kappa shape index (κ3) is 4.06. The van der Waals surface area contributed by atoms with Gasteiger partial charge in [-0.3, -0.25) is 4.79 Å². The van der Waals surface area contributed by atoms with Gasteiger partial charge in [-0.25, -0.2) is 0 Å². The molecular weight excluding hydrogens is 345 g/mol. The van der Waals surface area contributed by atoms with Crippen LogP contribution in [-0.4, -0.2) is 55.7 Å². The molecule has 2 saturated heterocycles. The van der Waals surface area contributed by atoms with Crippen LogP contribution in [0.4, 0.5) is 5.00 Å². The highest BCUT2D eigenvalue weighted by Crippen LogP contribution is 2.25. The monoisotopic (exact) mass is 367 g/mol. The van der Waals surface area contributed by atoms with Crippen LogP contribution in [0.2, 0.25) is 0 Å². The summed E-state index contributed by atoms with van der Waals surface area (Å²) in [5, 5.41) is 3.37. The highest BCUT2D eigenvalue weighted by atomic mass is 35.5. The van der Waals surface area contributed by atoms with Gasteiger partial charge < -0.3 is 20.3 Å². The molecule has 3 heterocycles. The number of ether oxygens (including phenoxy) is 1. The zero-order chi connectivity index (χ0) is 14.0. The summed E-state index contributed by atoms with van der Waals surface area (Å²) in [6.07, 6.45) is 1.27. The van der Waals surface area contributed by atoms with E-state index in [0.29, 0.717) is 26.1 Å². The summed E-state index contributed by atoms with van der Waals surface area (Å²) < 4.78 is 5.31. The Kier molecular flexibility index (Phi) is 7.41. The van der Waals surface area contributed by atoms with E-state index in [4.69, 9.17) is 10.5 Å². The Balaban J connectivity index is 0.00000121. The number of anilines is 1. The second kappa shape index (κ2) is 8.36. The zero-order valence-electron chi connectivity index (χ0n) is 12.4. The normalized spacial score (nSPS) is 20.8. The molecule has 8 heteroatoms. The van der Waals surface area contributed by atoms with Gasteiger partial charge in [0.15, 0.2) is 0 Å². The van der Waals surface area contributed by atoms with Gasteiger partial charge in [0.05, 0.1) is 10.5 Å². The van der Waals surface area contributed by atoms with Gasteiger partial charge >= 0.3 is 0 Å². The number of carbonyl (C=O) groups is 1. The molecule has 2 aliphatic heterocycles. The van der Waals surface area contributed by atoms with Crippen molar-refractivity contribution in [2.75, 3.05) is 44.3 Å². The molecule has 0 radical (unpaired) electrons. The number of rotatable bonds is 2. The number of thiophene rings is 1. The summed E-state index contributed by atoms with van der Waals surface area (Å²) in [4.78, 5) is 16.9. The molecule has 0 unspecified atom stereocenters. The first-order valence-electron chi connectivity index (χ1n) is 7.13. The SMILES string of the molecule is Cl.Cl.NC1(C(=O)N2CCN(c3cccs3)CC2)CCOCC1. The fraction of sp³-hybridized carbons (Fsp3) is 0.643. The van der Waals surface area contributed by atoms with E-state index in [1.165, 1.54) is 5.00 Å². The molecule has 1 amide bonds. The van der Waals surface area contributed by atoms with Gasteiger partial charge in [-0.2, -0.15) is 0 Å². The maximum atomic E-state index is 12.6. The predicted octanol–water partition coefficient (Wildman–Crippen LogP) is 1.75. The van der Waals surface area contributed by atoms with E-state index < -0.39 is 5.54 Å². The minimum atomic E-state index is -0.705. The van der Waals surface area contributed by atoms with E-state index in [2.05, 4.69) is 22.4 Å². The summed E-state index contributed by atoms with van der Waals surface area (Å²) in [5.74, 6) is 0.103. The average molecular weight is 368 g/mol. The first-order valence-corrected chi connectivity index (χ1v) is 8.01. The molecule has 3 rings (SSSR count). The summed E-state index contributed by atoms with van der Waals surface area (Å²) in [5.41, 5.74) is 5.57. The van der Waals surface area contributed by atoms with E-state index in [-0.39, 0.29) is 30.7 Å². The van der Waals surface area contributed by atoms with Crippen LogP contribution in [0.3, 0.4) is 0 Å². The third-order valence-corrected chi connectivity index (χ3v) is 5.12. The van der Waals surface area contributed by atoms with Crippen LogP contribution in [0.1, 0.15) is 12.8 Å². The van der Waals surface area contributed by atoms with Crippen molar-refractivity contribution in [2.24, 2.45) is 5.73 Å². The largest absolute Gasteiger partial charge is 0.381 e. The Labute approximate surface area is 147 Å². The fourth-order valence-corrected chi connectivity index (χ4v) is 3.63. The summed E-state index contributed by atoms with van der Waals surface area (Å²) >= 11 is 1.75. The number of amides is 1. The lowest BCUT2D eigenvalue weighted by Gasteiger charge is -2.41. The second-order valence-corrected chi connectivity index (χ2v) is 6.43. The van der Waals surface area contributed by atoms with Gasteiger partial charge in [-0.1, -0.05) is 0 Å². The molecule has 0 atom stereocenters. The number of hydrogen-bond donors (Lipinski definition) is 1. The molecular formula is C14H23Cl2N3O2S. The van der Waals surface area contributed by atoms with E-state index in [1.54, 1.807) is 11.3 Å². The Morgan fingerprint density at radius 3 is 2.36 bits per heavy atom. The molecule has 0 saturated carbocycles. The highest BCUT2D eigenvalue weighted by Gasteiger charge is 2.39. The summed E-state index contributed by atoms with van der Waals surface area (Å²) in [6.45, 7) is 4.49. The first kappa shape index (κ1) is 19.5. The fourth-order valence-electron chi connectivity index (χ4n) is 2.84. The van der Waals surface area contributed by atoms with Crippen molar-refractivity contribution in [3.05, 3.63) is 17.5 Å². The van der Waals surface area contributed by atoms with E-state index in [1.807, 2.05) is 4.90 Å². The standard InChI is InChI=1S/C14H21N3O2S.2ClH/c15-14(3-9-19-10-4-14)13(18)17-7-5-16(6-8-17)12-2-1-11-20-12;;/h1-2,11H,3-10,15H2;2*1H. The van der Waals surface area contributed by atoms with Crippen LogP contribution in [0.5, 0.6) is 0 Å². The minimum Gasteiger partial charge on any atom is -0.381 e. The maximum absolute atomic E-state index is 12.6. The smallest absolute Gasteiger partial charge is 0.242 e. The number of hydrogen-bond acceptors (Lipinski definition) is 5. The van der Waals surface area contributed by atoms with Gasteiger partial charge in [0.2, 0.25) is 5.91 Å². The molecule has 0 bridgehead atoms. The van der Waals surface area contributed by atoms with Crippen LogP contribution in [0, 0.1) is 0 Å². The quantitative estimate of drug-likeness (QED) is 0.864. The van der Waals surface area contributed by atoms with E-state index in [0.717, 1.165) is 26.2 Å². The lowest BCUT2D eigenvalue weighted by atomic mass is 9.89.